The van der Waals surface area contributed by atoms with Gasteiger partial charge in [0.2, 0.25) is 0 Å². The lowest BCUT2D eigenvalue weighted by atomic mass is 9.85. The van der Waals surface area contributed by atoms with Gasteiger partial charge in [-0.1, -0.05) is 63.2 Å². The molecule has 0 fully saturated rings. The van der Waals surface area contributed by atoms with Gasteiger partial charge in [0.15, 0.2) is 0 Å². The third kappa shape index (κ3) is 4.38. The maximum Gasteiger partial charge on any atom is 0.146 e. The summed E-state index contributed by atoms with van der Waals surface area (Å²) in [7, 11) is 0. The molecule has 0 saturated carbocycles. The van der Waals surface area contributed by atoms with Crippen molar-refractivity contribution in [3.63, 3.8) is 0 Å². The van der Waals surface area contributed by atoms with Gasteiger partial charge in [0.05, 0.1) is 5.69 Å². The second-order valence-electron chi connectivity index (χ2n) is 7.63. The maximum absolute atomic E-state index is 10.7. The number of halogens is 1. The molecule has 0 aliphatic rings. The minimum Gasteiger partial charge on any atom is -0.505 e. The Hall–Kier alpha value is -2.21. The number of rotatable bonds is 3. The number of phenolic OH excluding ortho intramolecular Hbond substituents is 1. The Morgan fingerprint density at radius 1 is 0.815 bits per heavy atom. The summed E-state index contributed by atoms with van der Waals surface area (Å²) in [6.07, 6.45) is 0. The van der Waals surface area contributed by atoms with Crippen LogP contribution in [0.3, 0.4) is 0 Å². The first-order valence-corrected chi connectivity index (χ1v) is 9.95. The van der Waals surface area contributed by atoms with Crippen molar-refractivity contribution >= 4 is 34.0 Å². The third-order valence-corrected chi connectivity index (χ3v) is 5.32. The van der Waals surface area contributed by atoms with Crippen LogP contribution in [0.5, 0.6) is 5.75 Å². The van der Waals surface area contributed by atoms with E-state index in [1.54, 1.807) is 0 Å². The maximum atomic E-state index is 10.7. The largest absolute Gasteiger partial charge is 0.505 e. The second kappa shape index (κ2) is 7.80. The number of hydrogen-bond acceptors (Lipinski definition) is 3. The summed E-state index contributed by atoms with van der Waals surface area (Å²) in [5.41, 5.74) is 5.18. The van der Waals surface area contributed by atoms with Crippen molar-refractivity contribution in [1.82, 2.24) is 0 Å². The van der Waals surface area contributed by atoms with Crippen molar-refractivity contribution in [2.75, 3.05) is 0 Å². The molecule has 4 heteroatoms. The molecule has 138 valence electrons. The Labute approximate surface area is 174 Å². The molecule has 0 unspecified atom stereocenters. The van der Waals surface area contributed by atoms with Crippen LogP contribution in [0.4, 0.5) is 11.4 Å². The number of aryl methyl sites for hydroxylation is 1. The van der Waals surface area contributed by atoms with Crippen LogP contribution in [0, 0.1) is 10.5 Å². The topological polar surface area (TPSA) is 45.0 Å². The summed E-state index contributed by atoms with van der Waals surface area (Å²) < 4.78 is 1.16. The minimum atomic E-state index is -0.168. The van der Waals surface area contributed by atoms with E-state index in [-0.39, 0.29) is 11.2 Å². The first kappa shape index (κ1) is 19.5. The fraction of sp³-hybridized carbons (Fsp3) is 0.217. The average molecular weight is 470 g/mol. The fourth-order valence-corrected chi connectivity index (χ4v) is 3.66. The van der Waals surface area contributed by atoms with Gasteiger partial charge in [0.25, 0.3) is 0 Å². The van der Waals surface area contributed by atoms with E-state index in [2.05, 4.69) is 65.7 Å². The van der Waals surface area contributed by atoms with E-state index in [0.29, 0.717) is 5.69 Å². The van der Waals surface area contributed by atoms with Crippen LogP contribution in [-0.4, -0.2) is 5.11 Å². The highest BCUT2D eigenvalue weighted by atomic mass is 127. The highest BCUT2D eigenvalue weighted by molar-refractivity contribution is 14.1. The van der Waals surface area contributed by atoms with Gasteiger partial charge in [-0.05, 0) is 64.3 Å². The van der Waals surface area contributed by atoms with Gasteiger partial charge in [-0.15, -0.1) is 10.2 Å². The van der Waals surface area contributed by atoms with Gasteiger partial charge in [-0.2, -0.15) is 0 Å². The van der Waals surface area contributed by atoms with Crippen molar-refractivity contribution in [3.05, 3.63) is 75.4 Å². The van der Waals surface area contributed by atoms with Crippen LogP contribution >= 0.6 is 22.6 Å². The molecular formula is C23H23IN2O. The van der Waals surface area contributed by atoms with E-state index in [9.17, 15) is 5.11 Å². The van der Waals surface area contributed by atoms with Crippen molar-refractivity contribution in [3.8, 4) is 16.9 Å². The lowest BCUT2D eigenvalue weighted by Crippen LogP contribution is -2.11. The molecule has 3 aromatic carbocycles. The standard InChI is InChI=1S/C23H23IN2O/c1-15-13-18(23(2,3)4)22(27)21(14-15)26-25-20-12-8-6-10-17(20)16-9-5-7-11-19(16)24/h5-14,27H,1-4H3. The van der Waals surface area contributed by atoms with Crippen LogP contribution < -0.4 is 0 Å². The number of azo groups is 1. The second-order valence-corrected chi connectivity index (χ2v) is 8.79. The highest BCUT2D eigenvalue weighted by Gasteiger charge is 2.21. The minimum absolute atomic E-state index is 0.168. The summed E-state index contributed by atoms with van der Waals surface area (Å²) >= 11 is 2.33. The summed E-state index contributed by atoms with van der Waals surface area (Å²) in [6.45, 7) is 8.24. The number of benzene rings is 3. The molecule has 0 atom stereocenters. The molecule has 0 bridgehead atoms. The number of nitrogens with zero attached hydrogens (tertiary/aromatic N) is 2. The molecule has 0 aromatic heterocycles. The van der Waals surface area contributed by atoms with Gasteiger partial charge in [-0.3, -0.25) is 0 Å². The molecule has 0 saturated heterocycles. The van der Waals surface area contributed by atoms with Crippen molar-refractivity contribution in [2.24, 2.45) is 10.2 Å². The molecule has 27 heavy (non-hydrogen) atoms. The number of hydrogen-bond donors (Lipinski definition) is 1. The quantitative estimate of drug-likeness (QED) is 0.310. The van der Waals surface area contributed by atoms with Gasteiger partial charge in [0, 0.05) is 14.7 Å². The zero-order chi connectivity index (χ0) is 19.6. The Kier molecular flexibility index (Phi) is 5.65. The summed E-state index contributed by atoms with van der Waals surface area (Å²) in [5.74, 6) is 0.198. The van der Waals surface area contributed by atoms with Crippen LogP contribution in [0.15, 0.2) is 70.9 Å². The fourth-order valence-electron chi connectivity index (χ4n) is 2.98. The van der Waals surface area contributed by atoms with Crippen LogP contribution in [0.25, 0.3) is 11.1 Å². The summed E-state index contributed by atoms with van der Waals surface area (Å²) in [4.78, 5) is 0. The third-order valence-electron chi connectivity index (χ3n) is 4.38. The van der Waals surface area contributed by atoms with E-state index >= 15 is 0 Å². The normalized spacial score (nSPS) is 11.9. The van der Waals surface area contributed by atoms with E-state index in [1.165, 1.54) is 0 Å². The molecule has 0 amide bonds. The number of phenols is 1. The van der Waals surface area contributed by atoms with E-state index in [0.717, 1.165) is 31.5 Å². The highest BCUT2D eigenvalue weighted by Crippen LogP contribution is 2.40. The first-order valence-electron chi connectivity index (χ1n) is 8.87. The van der Waals surface area contributed by atoms with Gasteiger partial charge in [-0.25, -0.2) is 0 Å². The molecule has 3 rings (SSSR count). The molecule has 0 radical (unpaired) electrons. The molecule has 3 aromatic rings. The smallest absolute Gasteiger partial charge is 0.146 e. The Morgan fingerprint density at radius 3 is 2.07 bits per heavy atom. The monoisotopic (exact) mass is 470 g/mol. The molecule has 0 aliphatic heterocycles. The lowest BCUT2D eigenvalue weighted by Gasteiger charge is -2.21. The first-order chi connectivity index (χ1) is 12.8. The molecule has 3 nitrogen and oxygen atoms in total. The summed E-state index contributed by atoms with van der Waals surface area (Å²) in [5, 5.41) is 19.6. The average Bonchev–Trinajstić information content (AvgIpc) is 2.62. The van der Waals surface area contributed by atoms with Crippen molar-refractivity contribution < 1.29 is 5.11 Å². The predicted octanol–water partition coefficient (Wildman–Crippen LogP) is 7.69. The van der Waals surface area contributed by atoms with Crippen molar-refractivity contribution in [1.29, 1.82) is 0 Å². The molecular weight excluding hydrogens is 447 g/mol. The SMILES string of the molecule is Cc1cc(N=Nc2ccccc2-c2ccccc2I)c(O)c(C(C)(C)C)c1. The molecule has 0 spiro atoms. The van der Waals surface area contributed by atoms with E-state index in [4.69, 9.17) is 0 Å². The predicted molar refractivity (Wildman–Crippen MR) is 120 cm³/mol. The van der Waals surface area contributed by atoms with Crippen LogP contribution in [-0.2, 0) is 5.41 Å². The van der Waals surface area contributed by atoms with Crippen LogP contribution in [0.2, 0.25) is 0 Å². The van der Waals surface area contributed by atoms with Crippen LogP contribution in [0.1, 0.15) is 31.9 Å². The van der Waals surface area contributed by atoms with Gasteiger partial charge >= 0.3 is 0 Å². The molecule has 0 heterocycles. The lowest BCUT2D eigenvalue weighted by molar-refractivity contribution is 0.447. The zero-order valence-corrected chi connectivity index (χ0v) is 18.2. The summed E-state index contributed by atoms with van der Waals surface area (Å²) in [6, 6.07) is 20.0. The molecule has 0 aliphatic carbocycles. The Balaban J connectivity index is 2.07. The number of aromatic hydroxyl groups is 1. The van der Waals surface area contributed by atoms with Gasteiger partial charge < -0.3 is 5.11 Å². The molecule has 1 N–H and O–H groups in total. The Morgan fingerprint density at radius 2 is 1.41 bits per heavy atom. The van der Waals surface area contributed by atoms with Crippen molar-refractivity contribution in [2.45, 2.75) is 33.1 Å². The van der Waals surface area contributed by atoms with E-state index < -0.39 is 0 Å². The van der Waals surface area contributed by atoms with E-state index in [1.807, 2.05) is 55.5 Å². The zero-order valence-electron chi connectivity index (χ0n) is 16.0. The van der Waals surface area contributed by atoms with Gasteiger partial charge in [0.1, 0.15) is 11.4 Å². The Bertz CT molecular complexity index is 1000.